The molecule has 5 nitrogen and oxygen atoms in total. The van der Waals surface area contributed by atoms with Crippen molar-refractivity contribution in [3.63, 3.8) is 0 Å². The van der Waals surface area contributed by atoms with Crippen molar-refractivity contribution in [1.82, 2.24) is 4.90 Å². The fourth-order valence-electron chi connectivity index (χ4n) is 2.85. The number of ether oxygens (including phenoxy) is 2. The van der Waals surface area contributed by atoms with Crippen molar-refractivity contribution >= 4 is 11.9 Å². The molecule has 2 aromatic carbocycles. The molecule has 0 radical (unpaired) electrons. The van der Waals surface area contributed by atoms with Crippen LogP contribution in [0.15, 0.2) is 48.5 Å². The van der Waals surface area contributed by atoms with Crippen molar-refractivity contribution < 1.29 is 19.1 Å². The van der Waals surface area contributed by atoms with Gasteiger partial charge in [0.15, 0.2) is 0 Å². The third-order valence-corrected chi connectivity index (χ3v) is 4.31. The predicted molar refractivity (Wildman–Crippen MR) is 93.9 cm³/mol. The van der Waals surface area contributed by atoms with Crippen LogP contribution in [-0.2, 0) is 11.2 Å². The zero-order valence-corrected chi connectivity index (χ0v) is 14.4. The summed E-state index contributed by atoms with van der Waals surface area (Å²) in [6.45, 7) is 3.17. The van der Waals surface area contributed by atoms with Crippen molar-refractivity contribution in [1.29, 1.82) is 0 Å². The number of likely N-dealkylation sites (tertiary alicyclic amines) is 1. The molecule has 1 aliphatic rings. The SMILES string of the molecule is CCc1ccccc1OC1CN(C(=O)c2cccc(C(=O)OC)c2)C1. The number of hydrogen-bond donors (Lipinski definition) is 0. The molecule has 25 heavy (non-hydrogen) atoms. The summed E-state index contributed by atoms with van der Waals surface area (Å²) >= 11 is 0. The van der Waals surface area contributed by atoms with Gasteiger partial charge >= 0.3 is 5.97 Å². The van der Waals surface area contributed by atoms with E-state index in [-0.39, 0.29) is 12.0 Å². The minimum absolute atomic E-state index is 0.000407. The highest BCUT2D eigenvalue weighted by Crippen LogP contribution is 2.24. The molecule has 5 heteroatoms. The van der Waals surface area contributed by atoms with E-state index in [4.69, 9.17) is 9.47 Å². The van der Waals surface area contributed by atoms with E-state index in [0.29, 0.717) is 24.2 Å². The fraction of sp³-hybridized carbons (Fsp3) is 0.300. The summed E-state index contributed by atoms with van der Waals surface area (Å²) in [4.78, 5) is 25.8. The average molecular weight is 339 g/mol. The third-order valence-electron chi connectivity index (χ3n) is 4.31. The molecule has 0 aliphatic carbocycles. The highest BCUT2D eigenvalue weighted by Gasteiger charge is 2.33. The molecular weight excluding hydrogens is 318 g/mol. The number of esters is 1. The van der Waals surface area contributed by atoms with E-state index in [1.165, 1.54) is 7.11 Å². The first kappa shape index (κ1) is 17.0. The fourth-order valence-corrected chi connectivity index (χ4v) is 2.85. The molecule has 0 unspecified atom stereocenters. The van der Waals surface area contributed by atoms with Gasteiger partial charge in [-0.3, -0.25) is 4.79 Å². The Bertz CT molecular complexity index is 781. The van der Waals surface area contributed by atoms with E-state index in [1.807, 2.05) is 18.2 Å². The van der Waals surface area contributed by atoms with Gasteiger partial charge in [0.05, 0.1) is 25.8 Å². The molecule has 1 heterocycles. The van der Waals surface area contributed by atoms with Crippen LogP contribution in [-0.4, -0.2) is 43.1 Å². The van der Waals surface area contributed by atoms with Gasteiger partial charge in [-0.05, 0) is 36.2 Å². The number of aryl methyl sites for hydroxylation is 1. The second-order valence-corrected chi connectivity index (χ2v) is 5.98. The number of methoxy groups -OCH3 is 1. The van der Waals surface area contributed by atoms with E-state index in [2.05, 4.69) is 13.0 Å². The topological polar surface area (TPSA) is 55.8 Å². The van der Waals surface area contributed by atoms with Crippen LogP contribution in [0.4, 0.5) is 0 Å². The number of amides is 1. The molecule has 1 saturated heterocycles. The number of rotatable bonds is 5. The summed E-state index contributed by atoms with van der Waals surface area (Å²) in [6, 6.07) is 14.5. The van der Waals surface area contributed by atoms with Crippen molar-refractivity contribution in [2.24, 2.45) is 0 Å². The second-order valence-electron chi connectivity index (χ2n) is 5.98. The van der Waals surface area contributed by atoms with Crippen LogP contribution in [0.3, 0.4) is 0 Å². The Labute approximate surface area is 147 Å². The largest absolute Gasteiger partial charge is 0.486 e. The maximum absolute atomic E-state index is 12.5. The van der Waals surface area contributed by atoms with Gasteiger partial charge in [-0.1, -0.05) is 31.2 Å². The number of para-hydroxylation sites is 1. The Kier molecular flexibility index (Phi) is 5.03. The van der Waals surface area contributed by atoms with Crippen LogP contribution in [0.25, 0.3) is 0 Å². The maximum Gasteiger partial charge on any atom is 0.337 e. The highest BCUT2D eigenvalue weighted by atomic mass is 16.5. The average Bonchev–Trinajstić information content (AvgIpc) is 2.63. The molecule has 3 rings (SSSR count). The zero-order chi connectivity index (χ0) is 17.8. The Morgan fingerprint density at radius 1 is 1.08 bits per heavy atom. The van der Waals surface area contributed by atoms with Crippen LogP contribution < -0.4 is 4.74 Å². The number of benzene rings is 2. The summed E-state index contributed by atoms with van der Waals surface area (Å²) in [5.41, 5.74) is 2.02. The summed E-state index contributed by atoms with van der Waals surface area (Å²) < 4.78 is 10.7. The first-order valence-electron chi connectivity index (χ1n) is 8.34. The number of hydrogen-bond acceptors (Lipinski definition) is 4. The van der Waals surface area contributed by atoms with E-state index in [0.717, 1.165) is 17.7 Å². The lowest BCUT2D eigenvalue weighted by molar-refractivity contribution is 0.0174. The molecule has 130 valence electrons. The molecule has 0 saturated carbocycles. The number of carbonyl (C=O) groups is 2. The Morgan fingerprint density at radius 3 is 2.52 bits per heavy atom. The van der Waals surface area contributed by atoms with Gasteiger partial charge in [-0.25, -0.2) is 4.79 Å². The molecule has 0 spiro atoms. The lowest BCUT2D eigenvalue weighted by Crippen LogP contribution is -2.56. The lowest BCUT2D eigenvalue weighted by atomic mass is 10.1. The maximum atomic E-state index is 12.5. The normalized spacial score (nSPS) is 13.9. The monoisotopic (exact) mass is 339 g/mol. The minimum atomic E-state index is -0.448. The summed E-state index contributed by atoms with van der Waals surface area (Å²) in [5.74, 6) is 0.333. The molecule has 2 aromatic rings. The molecule has 0 atom stereocenters. The number of carbonyl (C=O) groups excluding carboxylic acids is 2. The number of nitrogens with zero attached hydrogens (tertiary/aromatic N) is 1. The van der Waals surface area contributed by atoms with E-state index >= 15 is 0 Å². The van der Waals surface area contributed by atoms with Gasteiger partial charge in [0.1, 0.15) is 11.9 Å². The molecule has 0 bridgehead atoms. The highest BCUT2D eigenvalue weighted by molar-refractivity contribution is 5.98. The van der Waals surface area contributed by atoms with E-state index in [9.17, 15) is 9.59 Å². The van der Waals surface area contributed by atoms with E-state index < -0.39 is 5.97 Å². The Morgan fingerprint density at radius 2 is 1.80 bits per heavy atom. The van der Waals surface area contributed by atoms with Gasteiger partial charge in [-0.2, -0.15) is 0 Å². The standard InChI is InChI=1S/C20H21NO4/c1-3-14-7-4-5-10-18(14)25-17-12-21(13-17)19(22)15-8-6-9-16(11-15)20(23)24-2/h4-11,17H,3,12-13H2,1-2H3. The van der Waals surface area contributed by atoms with Gasteiger partial charge in [0, 0.05) is 5.56 Å². The van der Waals surface area contributed by atoms with E-state index in [1.54, 1.807) is 29.2 Å². The van der Waals surface area contributed by atoms with Crippen LogP contribution >= 0.6 is 0 Å². The minimum Gasteiger partial charge on any atom is -0.486 e. The lowest BCUT2D eigenvalue weighted by Gasteiger charge is -2.39. The van der Waals surface area contributed by atoms with Gasteiger partial charge in [-0.15, -0.1) is 0 Å². The predicted octanol–water partition coefficient (Wildman–Crippen LogP) is 2.94. The summed E-state index contributed by atoms with van der Waals surface area (Å²) in [5, 5.41) is 0. The van der Waals surface area contributed by atoms with Gasteiger partial charge in [0.2, 0.25) is 0 Å². The zero-order valence-electron chi connectivity index (χ0n) is 14.4. The van der Waals surface area contributed by atoms with Gasteiger partial charge < -0.3 is 14.4 Å². The quantitative estimate of drug-likeness (QED) is 0.786. The van der Waals surface area contributed by atoms with Crippen LogP contribution in [0.5, 0.6) is 5.75 Å². The Hall–Kier alpha value is -2.82. The molecule has 0 aromatic heterocycles. The Balaban J connectivity index is 1.61. The molecule has 1 aliphatic heterocycles. The second kappa shape index (κ2) is 7.38. The van der Waals surface area contributed by atoms with Crippen molar-refractivity contribution in [3.05, 3.63) is 65.2 Å². The van der Waals surface area contributed by atoms with Crippen LogP contribution in [0, 0.1) is 0 Å². The first-order valence-corrected chi connectivity index (χ1v) is 8.34. The molecule has 0 N–H and O–H groups in total. The first-order chi connectivity index (χ1) is 12.1. The molecule has 1 amide bonds. The summed E-state index contributed by atoms with van der Waals surface area (Å²) in [7, 11) is 1.32. The van der Waals surface area contributed by atoms with Crippen molar-refractivity contribution in [2.45, 2.75) is 19.4 Å². The van der Waals surface area contributed by atoms with Crippen LogP contribution in [0.1, 0.15) is 33.2 Å². The van der Waals surface area contributed by atoms with Crippen molar-refractivity contribution in [2.75, 3.05) is 20.2 Å². The molecular formula is C20H21NO4. The third kappa shape index (κ3) is 3.65. The molecule has 1 fully saturated rings. The van der Waals surface area contributed by atoms with Crippen molar-refractivity contribution in [3.8, 4) is 5.75 Å². The van der Waals surface area contributed by atoms with Gasteiger partial charge in [0.25, 0.3) is 5.91 Å². The summed E-state index contributed by atoms with van der Waals surface area (Å²) in [6.07, 6.45) is 0.909. The van der Waals surface area contributed by atoms with Crippen LogP contribution in [0.2, 0.25) is 0 Å². The smallest absolute Gasteiger partial charge is 0.337 e.